The molecule has 0 aliphatic carbocycles. The van der Waals surface area contributed by atoms with Gasteiger partial charge in [-0.2, -0.15) is 0 Å². The molecule has 0 radical (unpaired) electrons. The number of pyridine rings is 1. The molecule has 2 heterocycles. The fourth-order valence-electron chi connectivity index (χ4n) is 2.34. The second-order valence-electron chi connectivity index (χ2n) is 4.75. The molecule has 2 rings (SSSR count). The predicted octanol–water partition coefficient (Wildman–Crippen LogP) is -1.18. The van der Waals surface area contributed by atoms with Gasteiger partial charge in [-0.25, -0.2) is 4.79 Å². The van der Waals surface area contributed by atoms with E-state index in [9.17, 15) is 14.4 Å². The highest BCUT2D eigenvalue weighted by molar-refractivity contribution is 5.94. The molecule has 8 nitrogen and oxygen atoms in total. The Balaban J connectivity index is 2.04. The van der Waals surface area contributed by atoms with Crippen LogP contribution >= 0.6 is 0 Å². The first-order chi connectivity index (χ1) is 10.0. The van der Waals surface area contributed by atoms with Crippen molar-refractivity contribution in [3.63, 3.8) is 0 Å². The molecule has 21 heavy (non-hydrogen) atoms. The number of carboxylic acids is 1. The van der Waals surface area contributed by atoms with Crippen molar-refractivity contribution in [1.82, 2.24) is 15.2 Å². The van der Waals surface area contributed by atoms with Crippen LogP contribution in [0.5, 0.6) is 0 Å². The Morgan fingerprint density at radius 2 is 2.05 bits per heavy atom. The molecule has 2 amide bonds. The minimum Gasteiger partial charge on any atom is -0.480 e. The summed E-state index contributed by atoms with van der Waals surface area (Å²) in [6.07, 6.45) is 3.15. The number of rotatable bonds is 4. The van der Waals surface area contributed by atoms with Gasteiger partial charge in [-0.15, -0.1) is 0 Å². The van der Waals surface area contributed by atoms with Gasteiger partial charge in [0.2, 0.25) is 5.91 Å². The molecule has 1 aliphatic heterocycles. The van der Waals surface area contributed by atoms with Crippen molar-refractivity contribution in [2.75, 3.05) is 13.1 Å². The van der Waals surface area contributed by atoms with Crippen LogP contribution in [0.1, 0.15) is 16.8 Å². The molecular weight excluding hydrogens is 276 g/mol. The number of likely N-dealkylation sites (tertiary alicyclic amines) is 1. The molecule has 112 valence electrons. The molecule has 0 aromatic carbocycles. The highest BCUT2D eigenvalue weighted by atomic mass is 16.4. The van der Waals surface area contributed by atoms with Crippen molar-refractivity contribution >= 4 is 17.8 Å². The summed E-state index contributed by atoms with van der Waals surface area (Å²) in [7, 11) is 0. The largest absolute Gasteiger partial charge is 0.480 e. The number of nitrogens with zero attached hydrogens (tertiary/aromatic N) is 2. The molecular formula is C13H16N4O4. The molecule has 0 spiro atoms. The van der Waals surface area contributed by atoms with E-state index in [1.165, 1.54) is 17.3 Å². The Morgan fingerprint density at radius 3 is 2.62 bits per heavy atom. The van der Waals surface area contributed by atoms with Crippen LogP contribution in [0.15, 0.2) is 24.5 Å². The van der Waals surface area contributed by atoms with E-state index >= 15 is 0 Å². The van der Waals surface area contributed by atoms with Gasteiger partial charge in [0.15, 0.2) is 0 Å². The van der Waals surface area contributed by atoms with E-state index in [0.717, 1.165) is 0 Å². The molecule has 1 saturated heterocycles. The first-order valence-corrected chi connectivity index (χ1v) is 6.46. The van der Waals surface area contributed by atoms with Gasteiger partial charge in [-0.05, 0) is 12.1 Å². The van der Waals surface area contributed by atoms with Crippen molar-refractivity contribution < 1.29 is 19.5 Å². The Bertz CT molecular complexity index is 548. The lowest BCUT2D eigenvalue weighted by Crippen LogP contribution is -2.44. The molecule has 1 aromatic rings. The molecule has 2 atom stereocenters. The number of carboxylic acid groups (broad SMARTS) is 1. The quantitative estimate of drug-likeness (QED) is 0.641. The maximum Gasteiger partial charge on any atom is 0.326 e. The molecule has 4 N–H and O–H groups in total. The molecule has 1 fully saturated rings. The van der Waals surface area contributed by atoms with Crippen molar-refractivity contribution in [2.45, 2.75) is 18.5 Å². The van der Waals surface area contributed by atoms with Gasteiger partial charge in [0.05, 0.1) is 6.54 Å². The van der Waals surface area contributed by atoms with Crippen molar-refractivity contribution in [3.05, 3.63) is 30.1 Å². The highest BCUT2D eigenvalue weighted by Gasteiger charge is 2.39. The zero-order valence-electron chi connectivity index (χ0n) is 11.2. The lowest BCUT2D eigenvalue weighted by molar-refractivity contribution is -0.147. The van der Waals surface area contributed by atoms with E-state index in [1.807, 2.05) is 0 Å². The highest BCUT2D eigenvalue weighted by Crippen LogP contribution is 2.18. The maximum absolute atomic E-state index is 12.0. The standard InChI is InChI=1S/C13H16N4O4/c14-6-11(18)17-7-9(5-10(17)13(20)21)16-12(19)8-1-3-15-4-2-8/h1-4,9-10H,5-7,14H2,(H,16,19)(H,20,21)/t9-,10+/m1/s1. The minimum atomic E-state index is -1.10. The number of nitrogens with one attached hydrogen (secondary N) is 1. The number of hydrogen-bond donors (Lipinski definition) is 3. The van der Waals surface area contributed by atoms with Gasteiger partial charge >= 0.3 is 5.97 Å². The normalized spacial score (nSPS) is 21.1. The maximum atomic E-state index is 12.0. The van der Waals surface area contributed by atoms with Gasteiger partial charge in [0, 0.05) is 37.0 Å². The van der Waals surface area contributed by atoms with Crippen molar-refractivity contribution in [1.29, 1.82) is 0 Å². The summed E-state index contributed by atoms with van der Waals surface area (Å²) in [4.78, 5) is 39.8. The topological polar surface area (TPSA) is 126 Å². The zero-order valence-corrected chi connectivity index (χ0v) is 11.2. The second kappa shape index (κ2) is 6.31. The fraction of sp³-hybridized carbons (Fsp3) is 0.385. The monoisotopic (exact) mass is 292 g/mol. The van der Waals surface area contributed by atoms with Crippen molar-refractivity contribution in [2.24, 2.45) is 5.73 Å². The van der Waals surface area contributed by atoms with Crippen LogP contribution in [0.2, 0.25) is 0 Å². The molecule has 8 heteroatoms. The number of aromatic nitrogens is 1. The molecule has 1 aromatic heterocycles. The second-order valence-corrected chi connectivity index (χ2v) is 4.75. The molecule has 1 aliphatic rings. The summed E-state index contributed by atoms with van der Waals surface area (Å²) in [5, 5.41) is 11.9. The Labute approximate surface area is 120 Å². The van der Waals surface area contributed by atoms with Crippen LogP contribution in [-0.2, 0) is 9.59 Å². The average molecular weight is 292 g/mol. The van der Waals surface area contributed by atoms with Gasteiger partial charge in [-0.3, -0.25) is 14.6 Å². The number of carbonyl (C=O) groups is 3. The first-order valence-electron chi connectivity index (χ1n) is 6.46. The number of aliphatic carboxylic acids is 1. The minimum absolute atomic E-state index is 0.143. The summed E-state index contributed by atoms with van der Waals surface area (Å²) in [5.41, 5.74) is 5.70. The van der Waals surface area contributed by atoms with Crippen LogP contribution in [0, 0.1) is 0 Å². The van der Waals surface area contributed by atoms with Gasteiger partial charge in [-0.1, -0.05) is 0 Å². The smallest absolute Gasteiger partial charge is 0.326 e. The number of hydrogen-bond acceptors (Lipinski definition) is 5. The van der Waals surface area contributed by atoms with Crippen LogP contribution in [0.25, 0.3) is 0 Å². The molecule has 0 bridgehead atoms. The summed E-state index contributed by atoms with van der Waals surface area (Å²) >= 11 is 0. The Morgan fingerprint density at radius 1 is 1.38 bits per heavy atom. The molecule has 0 unspecified atom stereocenters. The summed E-state index contributed by atoms with van der Waals surface area (Å²) in [6, 6.07) is 1.75. The predicted molar refractivity (Wildman–Crippen MR) is 72.3 cm³/mol. The van der Waals surface area contributed by atoms with Gasteiger partial charge < -0.3 is 21.1 Å². The third-order valence-electron chi connectivity index (χ3n) is 3.36. The van der Waals surface area contributed by atoms with Crippen molar-refractivity contribution in [3.8, 4) is 0 Å². The summed E-state index contributed by atoms with van der Waals surface area (Å²) < 4.78 is 0. The SMILES string of the molecule is NCC(=O)N1C[C@H](NC(=O)c2ccncc2)C[C@H]1C(=O)O. The van der Waals surface area contributed by atoms with E-state index < -0.39 is 24.0 Å². The van der Waals surface area contributed by atoms with E-state index in [4.69, 9.17) is 10.8 Å². The van der Waals surface area contributed by atoms with Crippen LogP contribution in [0.4, 0.5) is 0 Å². The van der Waals surface area contributed by atoms with E-state index in [1.54, 1.807) is 12.1 Å². The number of carbonyl (C=O) groups excluding carboxylic acids is 2. The van der Waals surface area contributed by atoms with Gasteiger partial charge in [0.25, 0.3) is 5.91 Å². The van der Waals surface area contributed by atoms with E-state index in [0.29, 0.717) is 5.56 Å². The lowest BCUT2D eigenvalue weighted by atomic mass is 10.1. The number of amides is 2. The fourth-order valence-corrected chi connectivity index (χ4v) is 2.34. The van der Waals surface area contributed by atoms with Crippen LogP contribution in [-0.4, -0.2) is 57.9 Å². The summed E-state index contributed by atoms with van der Waals surface area (Å²) in [6.45, 7) is -0.112. The van der Waals surface area contributed by atoms with E-state index in [2.05, 4.69) is 10.3 Å². The third kappa shape index (κ3) is 3.34. The molecule has 0 saturated carbocycles. The first kappa shape index (κ1) is 14.9. The van der Waals surface area contributed by atoms with E-state index in [-0.39, 0.29) is 25.4 Å². The lowest BCUT2D eigenvalue weighted by Gasteiger charge is -2.20. The average Bonchev–Trinajstić information content (AvgIpc) is 2.91. The third-order valence-corrected chi connectivity index (χ3v) is 3.36. The Hall–Kier alpha value is -2.48. The summed E-state index contributed by atoms with van der Waals surface area (Å²) in [5.74, 6) is -1.87. The van der Waals surface area contributed by atoms with Crippen LogP contribution < -0.4 is 11.1 Å². The zero-order chi connectivity index (χ0) is 15.4. The number of nitrogens with two attached hydrogens (primary N) is 1. The van der Waals surface area contributed by atoms with Crippen LogP contribution in [0.3, 0.4) is 0 Å². The Kier molecular flexibility index (Phi) is 4.49. The van der Waals surface area contributed by atoms with Gasteiger partial charge in [0.1, 0.15) is 6.04 Å².